The average Bonchev–Trinajstić information content (AvgIpc) is 2.73. The van der Waals surface area contributed by atoms with Gasteiger partial charge in [0.1, 0.15) is 0 Å². The molecule has 1 heterocycles. The predicted molar refractivity (Wildman–Crippen MR) is 95.2 cm³/mol. The molecule has 0 amide bonds. The fourth-order valence-electron chi connectivity index (χ4n) is 1.50. The highest BCUT2D eigenvalue weighted by Crippen LogP contribution is 2.21. The summed E-state index contributed by atoms with van der Waals surface area (Å²) in [6.45, 7) is 4.08. The van der Waals surface area contributed by atoms with Crippen molar-refractivity contribution >= 4 is 57.2 Å². The molecule has 0 aliphatic rings. The van der Waals surface area contributed by atoms with Gasteiger partial charge in [-0.3, -0.25) is 4.99 Å². The van der Waals surface area contributed by atoms with Crippen molar-refractivity contribution in [2.75, 3.05) is 20.6 Å². The normalized spacial score (nSPS) is 11.0. The molecule has 0 aliphatic carbocycles. The van der Waals surface area contributed by atoms with Gasteiger partial charge in [0.25, 0.3) is 0 Å². The minimum atomic E-state index is 0. The lowest BCUT2D eigenvalue weighted by atomic mass is 10.3. The zero-order valence-corrected chi connectivity index (χ0v) is 15.8. The van der Waals surface area contributed by atoms with Gasteiger partial charge >= 0.3 is 0 Å². The molecular formula is C12H21BrIN3S. The second kappa shape index (κ2) is 10.0. The molecule has 0 saturated carbocycles. The SMILES string of the molecule is CCCCN(C)C(=NC)NCc1ccc(Br)s1.I. The average molecular weight is 446 g/mol. The fourth-order valence-corrected chi connectivity index (χ4v) is 2.92. The smallest absolute Gasteiger partial charge is 0.193 e. The van der Waals surface area contributed by atoms with Crippen molar-refractivity contribution in [3.05, 3.63) is 20.8 Å². The second-order valence-electron chi connectivity index (χ2n) is 3.88. The predicted octanol–water partition coefficient (Wildman–Crippen LogP) is 3.94. The van der Waals surface area contributed by atoms with Crippen LogP contribution in [0.3, 0.4) is 0 Å². The third-order valence-corrected chi connectivity index (χ3v) is 4.09. The first kappa shape index (κ1) is 18.2. The summed E-state index contributed by atoms with van der Waals surface area (Å²) in [5, 5.41) is 3.37. The number of rotatable bonds is 5. The Morgan fingerprint density at radius 3 is 2.72 bits per heavy atom. The highest BCUT2D eigenvalue weighted by molar-refractivity contribution is 14.0. The van der Waals surface area contributed by atoms with Crippen LogP contribution in [-0.4, -0.2) is 31.5 Å². The molecule has 0 radical (unpaired) electrons. The van der Waals surface area contributed by atoms with Crippen molar-refractivity contribution in [1.82, 2.24) is 10.2 Å². The monoisotopic (exact) mass is 445 g/mol. The maximum atomic E-state index is 4.29. The Kier molecular flexibility index (Phi) is 10.1. The van der Waals surface area contributed by atoms with Crippen LogP contribution in [0.5, 0.6) is 0 Å². The fraction of sp³-hybridized carbons (Fsp3) is 0.583. The minimum absolute atomic E-state index is 0. The van der Waals surface area contributed by atoms with Crippen molar-refractivity contribution in [3.63, 3.8) is 0 Å². The lowest BCUT2D eigenvalue weighted by Crippen LogP contribution is -2.38. The maximum absolute atomic E-state index is 4.29. The third kappa shape index (κ3) is 6.38. The van der Waals surface area contributed by atoms with Gasteiger partial charge in [0.15, 0.2) is 5.96 Å². The van der Waals surface area contributed by atoms with Crippen LogP contribution in [0, 0.1) is 0 Å². The molecule has 0 aromatic carbocycles. The number of hydrogen-bond acceptors (Lipinski definition) is 2. The second-order valence-corrected chi connectivity index (χ2v) is 6.43. The van der Waals surface area contributed by atoms with Gasteiger partial charge in [-0.1, -0.05) is 13.3 Å². The zero-order valence-electron chi connectivity index (χ0n) is 11.1. The Labute approximate surface area is 139 Å². The van der Waals surface area contributed by atoms with Gasteiger partial charge in [-0.05, 0) is 34.5 Å². The summed E-state index contributed by atoms with van der Waals surface area (Å²) in [5.74, 6) is 0.961. The van der Waals surface area contributed by atoms with Gasteiger partial charge in [0.2, 0.25) is 0 Å². The molecule has 0 bridgehead atoms. The van der Waals surface area contributed by atoms with E-state index < -0.39 is 0 Å². The van der Waals surface area contributed by atoms with Gasteiger partial charge in [-0.25, -0.2) is 0 Å². The van der Waals surface area contributed by atoms with Gasteiger partial charge in [0.05, 0.1) is 10.3 Å². The van der Waals surface area contributed by atoms with Crippen molar-refractivity contribution in [2.24, 2.45) is 4.99 Å². The molecule has 0 aliphatic heterocycles. The number of guanidine groups is 1. The Morgan fingerprint density at radius 2 is 2.22 bits per heavy atom. The summed E-state index contributed by atoms with van der Waals surface area (Å²) in [5.41, 5.74) is 0. The molecule has 1 aromatic heterocycles. The van der Waals surface area contributed by atoms with Crippen molar-refractivity contribution in [2.45, 2.75) is 26.3 Å². The Bertz CT molecular complexity index is 368. The van der Waals surface area contributed by atoms with Gasteiger partial charge < -0.3 is 10.2 Å². The number of nitrogens with zero attached hydrogens (tertiary/aromatic N) is 2. The van der Waals surface area contributed by atoms with Crippen molar-refractivity contribution in [3.8, 4) is 0 Å². The number of thiophene rings is 1. The van der Waals surface area contributed by atoms with Crippen LogP contribution in [0.25, 0.3) is 0 Å². The Balaban J connectivity index is 0.00000289. The van der Waals surface area contributed by atoms with E-state index >= 15 is 0 Å². The topological polar surface area (TPSA) is 27.6 Å². The van der Waals surface area contributed by atoms with Gasteiger partial charge in [-0.2, -0.15) is 0 Å². The molecule has 0 spiro atoms. The van der Waals surface area contributed by atoms with E-state index in [4.69, 9.17) is 0 Å². The van der Waals surface area contributed by atoms with Gasteiger partial charge in [0, 0.05) is 25.5 Å². The van der Waals surface area contributed by atoms with E-state index in [1.165, 1.54) is 21.5 Å². The van der Waals surface area contributed by atoms with Crippen LogP contribution in [0.15, 0.2) is 20.9 Å². The van der Waals surface area contributed by atoms with Crippen LogP contribution >= 0.6 is 51.2 Å². The molecule has 3 nitrogen and oxygen atoms in total. The largest absolute Gasteiger partial charge is 0.351 e. The number of halogens is 2. The highest BCUT2D eigenvalue weighted by Gasteiger charge is 2.05. The summed E-state index contributed by atoms with van der Waals surface area (Å²) in [6, 6.07) is 4.20. The first-order chi connectivity index (χ1) is 8.17. The summed E-state index contributed by atoms with van der Waals surface area (Å²) in [6.07, 6.45) is 2.40. The van der Waals surface area contributed by atoms with E-state index in [0.29, 0.717) is 0 Å². The Morgan fingerprint density at radius 1 is 1.50 bits per heavy atom. The van der Waals surface area contributed by atoms with Crippen molar-refractivity contribution in [1.29, 1.82) is 0 Å². The van der Waals surface area contributed by atoms with Crippen LogP contribution in [0.4, 0.5) is 0 Å². The summed E-state index contributed by atoms with van der Waals surface area (Å²) < 4.78 is 1.17. The number of hydrogen-bond donors (Lipinski definition) is 1. The standard InChI is InChI=1S/C12H20BrN3S.HI/c1-4-5-8-16(3)12(14-2)15-9-10-6-7-11(13)17-10;/h6-7H,4-5,8-9H2,1-3H3,(H,14,15);1H. The number of nitrogens with one attached hydrogen (secondary N) is 1. The summed E-state index contributed by atoms with van der Waals surface area (Å²) in [7, 11) is 3.91. The molecule has 1 N–H and O–H groups in total. The highest BCUT2D eigenvalue weighted by atomic mass is 127. The lowest BCUT2D eigenvalue weighted by Gasteiger charge is -2.21. The van der Waals surface area contributed by atoms with E-state index in [-0.39, 0.29) is 24.0 Å². The van der Waals surface area contributed by atoms with E-state index in [9.17, 15) is 0 Å². The van der Waals surface area contributed by atoms with Crippen LogP contribution in [0.1, 0.15) is 24.6 Å². The third-order valence-electron chi connectivity index (χ3n) is 2.47. The first-order valence-electron chi connectivity index (χ1n) is 5.83. The molecule has 1 aromatic rings. The molecule has 0 unspecified atom stereocenters. The quantitative estimate of drug-likeness (QED) is 0.422. The lowest BCUT2D eigenvalue weighted by molar-refractivity contribution is 0.465. The molecular weight excluding hydrogens is 425 g/mol. The summed E-state index contributed by atoms with van der Waals surface area (Å²) >= 11 is 5.22. The van der Waals surface area contributed by atoms with Crippen LogP contribution in [0.2, 0.25) is 0 Å². The van der Waals surface area contributed by atoms with Crippen LogP contribution in [-0.2, 0) is 6.54 Å². The minimum Gasteiger partial charge on any atom is -0.351 e. The number of unbranched alkanes of at least 4 members (excludes halogenated alkanes) is 1. The van der Waals surface area contributed by atoms with Crippen LogP contribution < -0.4 is 5.32 Å². The molecule has 0 atom stereocenters. The van der Waals surface area contributed by atoms with Crippen molar-refractivity contribution < 1.29 is 0 Å². The van der Waals surface area contributed by atoms with E-state index in [0.717, 1.165) is 19.0 Å². The molecule has 0 saturated heterocycles. The number of aliphatic imine (C=N–C) groups is 1. The maximum Gasteiger partial charge on any atom is 0.193 e. The first-order valence-corrected chi connectivity index (χ1v) is 7.44. The zero-order chi connectivity index (χ0) is 12.7. The van der Waals surface area contributed by atoms with Gasteiger partial charge in [-0.15, -0.1) is 35.3 Å². The molecule has 104 valence electrons. The summed E-state index contributed by atoms with van der Waals surface area (Å²) in [4.78, 5) is 7.77. The Hall–Kier alpha value is 0.180. The molecule has 18 heavy (non-hydrogen) atoms. The molecule has 0 fully saturated rings. The van der Waals surface area contributed by atoms with E-state index in [1.54, 1.807) is 11.3 Å². The molecule has 1 rings (SSSR count). The molecule has 6 heteroatoms. The van der Waals surface area contributed by atoms with E-state index in [2.05, 4.69) is 57.2 Å². The van der Waals surface area contributed by atoms with E-state index in [1.807, 2.05) is 7.05 Å².